The van der Waals surface area contributed by atoms with Crippen LogP contribution in [0.2, 0.25) is 5.02 Å². The van der Waals surface area contributed by atoms with E-state index in [0.29, 0.717) is 17.0 Å². The minimum atomic E-state index is 0.00977. The lowest BCUT2D eigenvalue weighted by Crippen LogP contribution is -2.03. The minimum Gasteiger partial charge on any atom is -0.294 e. The summed E-state index contributed by atoms with van der Waals surface area (Å²) in [5, 5.41) is 0.484. The van der Waals surface area contributed by atoms with Crippen LogP contribution >= 0.6 is 38.9 Å². The van der Waals surface area contributed by atoms with E-state index in [1.807, 2.05) is 6.07 Å². The van der Waals surface area contributed by atoms with Crippen molar-refractivity contribution in [3.8, 4) is 0 Å². The number of carbonyl (C=O) groups excluding carboxylic acids is 1. The van der Waals surface area contributed by atoms with Gasteiger partial charge in [0.1, 0.15) is 0 Å². The monoisotopic (exact) mass is 315 g/mol. The van der Waals surface area contributed by atoms with Crippen molar-refractivity contribution in [3.63, 3.8) is 0 Å². The first-order valence-corrected chi connectivity index (χ1v) is 6.57. The van der Waals surface area contributed by atoms with Gasteiger partial charge in [-0.3, -0.25) is 9.78 Å². The van der Waals surface area contributed by atoms with Gasteiger partial charge in [0.05, 0.1) is 10.5 Å². The van der Waals surface area contributed by atoms with E-state index in [0.717, 1.165) is 9.35 Å². The lowest BCUT2D eigenvalue weighted by Gasteiger charge is -2.02. The van der Waals surface area contributed by atoms with Gasteiger partial charge in [-0.05, 0) is 18.2 Å². The van der Waals surface area contributed by atoms with Gasteiger partial charge in [-0.2, -0.15) is 0 Å². The smallest absolute Gasteiger partial charge is 0.169 e. The SMILES string of the molecule is O=C(Cc1cncs1)c1cc(Br)ccc1Cl. The number of Topliss-reactive ketones (excluding diaryl/α,β-unsaturated/α-hetero) is 1. The molecule has 5 heteroatoms. The molecule has 82 valence electrons. The maximum absolute atomic E-state index is 12.0. The van der Waals surface area contributed by atoms with Crippen molar-refractivity contribution in [1.82, 2.24) is 4.98 Å². The highest BCUT2D eigenvalue weighted by Gasteiger charge is 2.12. The summed E-state index contributed by atoms with van der Waals surface area (Å²) in [5.41, 5.74) is 2.26. The predicted octanol–water partition coefficient (Wildman–Crippen LogP) is 3.98. The summed E-state index contributed by atoms with van der Waals surface area (Å²) >= 11 is 10.8. The standard InChI is InChI=1S/C11H7BrClNOS/c12-7-1-2-10(13)9(3-7)11(15)4-8-5-14-6-16-8/h1-3,5-6H,4H2. The van der Waals surface area contributed by atoms with E-state index in [-0.39, 0.29) is 5.78 Å². The number of aromatic nitrogens is 1. The minimum absolute atomic E-state index is 0.00977. The molecule has 1 aromatic heterocycles. The number of benzene rings is 1. The quantitative estimate of drug-likeness (QED) is 0.802. The van der Waals surface area contributed by atoms with E-state index in [2.05, 4.69) is 20.9 Å². The van der Waals surface area contributed by atoms with Crippen molar-refractivity contribution in [1.29, 1.82) is 0 Å². The normalized spacial score (nSPS) is 10.4. The number of nitrogens with zero attached hydrogens (tertiary/aromatic N) is 1. The maximum atomic E-state index is 12.0. The van der Waals surface area contributed by atoms with Crippen molar-refractivity contribution in [2.24, 2.45) is 0 Å². The van der Waals surface area contributed by atoms with Crippen LogP contribution in [-0.2, 0) is 6.42 Å². The van der Waals surface area contributed by atoms with Gasteiger partial charge in [0.15, 0.2) is 5.78 Å². The summed E-state index contributed by atoms with van der Waals surface area (Å²) in [5.74, 6) is 0.00977. The number of hydrogen-bond acceptors (Lipinski definition) is 3. The molecule has 16 heavy (non-hydrogen) atoms. The Labute approximate surface area is 110 Å². The average Bonchev–Trinajstić information content (AvgIpc) is 2.74. The van der Waals surface area contributed by atoms with Crippen LogP contribution in [0, 0.1) is 0 Å². The molecule has 2 aromatic rings. The molecule has 0 saturated carbocycles. The number of halogens is 2. The molecule has 0 radical (unpaired) electrons. The predicted molar refractivity (Wildman–Crippen MR) is 69.3 cm³/mol. The van der Waals surface area contributed by atoms with Crippen LogP contribution < -0.4 is 0 Å². The summed E-state index contributed by atoms with van der Waals surface area (Å²) < 4.78 is 0.851. The third kappa shape index (κ3) is 2.70. The summed E-state index contributed by atoms with van der Waals surface area (Å²) in [4.78, 5) is 16.8. The summed E-state index contributed by atoms with van der Waals surface area (Å²) in [6, 6.07) is 5.27. The van der Waals surface area contributed by atoms with Crippen molar-refractivity contribution < 1.29 is 4.79 Å². The first-order chi connectivity index (χ1) is 7.66. The molecule has 0 bridgehead atoms. The lowest BCUT2D eigenvalue weighted by molar-refractivity contribution is 0.0994. The molecule has 0 amide bonds. The number of rotatable bonds is 3. The Morgan fingerprint density at radius 3 is 3.00 bits per heavy atom. The van der Waals surface area contributed by atoms with Crippen molar-refractivity contribution in [2.75, 3.05) is 0 Å². The van der Waals surface area contributed by atoms with E-state index in [9.17, 15) is 4.79 Å². The van der Waals surface area contributed by atoms with Gasteiger partial charge in [-0.1, -0.05) is 27.5 Å². The van der Waals surface area contributed by atoms with Crippen LogP contribution in [0.4, 0.5) is 0 Å². The van der Waals surface area contributed by atoms with Gasteiger partial charge in [-0.15, -0.1) is 11.3 Å². The maximum Gasteiger partial charge on any atom is 0.169 e. The first-order valence-electron chi connectivity index (χ1n) is 4.52. The van der Waals surface area contributed by atoms with E-state index in [1.165, 1.54) is 11.3 Å². The number of thiazole rings is 1. The Balaban J connectivity index is 2.24. The van der Waals surface area contributed by atoms with Crippen LogP contribution in [0.15, 0.2) is 34.4 Å². The van der Waals surface area contributed by atoms with E-state index in [1.54, 1.807) is 23.8 Å². The van der Waals surface area contributed by atoms with Crippen LogP contribution in [0.3, 0.4) is 0 Å². The van der Waals surface area contributed by atoms with Crippen molar-refractivity contribution >= 4 is 44.7 Å². The van der Waals surface area contributed by atoms with E-state index >= 15 is 0 Å². The molecule has 0 spiro atoms. The molecule has 0 N–H and O–H groups in total. The van der Waals surface area contributed by atoms with Crippen molar-refractivity contribution in [2.45, 2.75) is 6.42 Å². The van der Waals surface area contributed by atoms with Gasteiger partial charge in [0, 0.05) is 27.5 Å². The van der Waals surface area contributed by atoms with E-state index < -0.39 is 0 Å². The second kappa shape index (κ2) is 5.08. The molecule has 0 aliphatic heterocycles. The molecule has 0 unspecified atom stereocenters. The van der Waals surface area contributed by atoms with Gasteiger partial charge in [-0.25, -0.2) is 0 Å². The fourth-order valence-corrected chi connectivity index (χ4v) is 2.47. The van der Waals surface area contributed by atoms with Crippen molar-refractivity contribution in [3.05, 3.63) is 49.8 Å². The molecule has 1 heterocycles. The molecule has 2 rings (SSSR count). The molecule has 0 atom stereocenters. The Morgan fingerprint density at radius 2 is 2.31 bits per heavy atom. The summed E-state index contributed by atoms with van der Waals surface area (Å²) in [6.45, 7) is 0. The largest absolute Gasteiger partial charge is 0.294 e. The zero-order chi connectivity index (χ0) is 11.5. The second-order valence-corrected chi connectivity index (χ2v) is 5.49. The van der Waals surface area contributed by atoms with Gasteiger partial charge < -0.3 is 0 Å². The Kier molecular flexibility index (Phi) is 3.74. The number of carbonyl (C=O) groups is 1. The third-order valence-electron chi connectivity index (χ3n) is 2.05. The van der Waals surface area contributed by atoms with Crippen LogP contribution in [-0.4, -0.2) is 10.8 Å². The van der Waals surface area contributed by atoms with Crippen LogP contribution in [0.1, 0.15) is 15.2 Å². The zero-order valence-corrected chi connectivity index (χ0v) is 11.3. The summed E-state index contributed by atoms with van der Waals surface area (Å²) in [7, 11) is 0. The molecule has 0 aliphatic rings. The van der Waals surface area contributed by atoms with Gasteiger partial charge in [0.25, 0.3) is 0 Å². The van der Waals surface area contributed by atoms with Gasteiger partial charge >= 0.3 is 0 Å². The van der Waals surface area contributed by atoms with Crippen LogP contribution in [0.25, 0.3) is 0 Å². The van der Waals surface area contributed by atoms with Crippen LogP contribution in [0.5, 0.6) is 0 Å². The average molecular weight is 317 g/mol. The number of hydrogen-bond donors (Lipinski definition) is 0. The summed E-state index contributed by atoms with van der Waals surface area (Å²) in [6.07, 6.45) is 2.05. The molecule has 0 fully saturated rings. The molecule has 2 nitrogen and oxygen atoms in total. The lowest BCUT2D eigenvalue weighted by atomic mass is 10.1. The Morgan fingerprint density at radius 1 is 1.50 bits per heavy atom. The Hall–Kier alpha value is -0.710. The molecular formula is C11H7BrClNOS. The fourth-order valence-electron chi connectivity index (χ4n) is 1.29. The second-order valence-electron chi connectivity index (χ2n) is 3.19. The molecule has 1 aromatic carbocycles. The Bertz CT molecular complexity index is 513. The molecule has 0 aliphatic carbocycles. The molecule has 0 saturated heterocycles. The van der Waals surface area contributed by atoms with Gasteiger partial charge in [0.2, 0.25) is 0 Å². The highest BCUT2D eigenvalue weighted by molar-refractivity contribution is 9.10. The molecular weight excluding hydrogens is 310 g/mol. The topological polar surface area (TPSA) is 30.0 Å². The van der Waals surface area contributed by atoms with E-state index in [4.69, 9.17) is 11.6 Å². The zero-order valence-electron chi connectivity index (χ0n) is 8.11. The third-order valence-corrected chi connectivity index (χ3v) is 3.65. The fraction of sp³-hybridized carbons (Fsp3) is 0.0909. The highest BCUT2D eigenvalue weighted by atomic mass is 79.9. The highest BCUT2D eigenvalue weighted by Crippen LogP contribution is 2.23. The number of ketones is 1. The first kappa shape index (κ1) is 11.8.